The van der Waals surface area contributed by atoms with Crippen molar-refractivity contribution in [1.29, 1.82) is 0 Å². The number of carbonyl (C=O) groups is 2. The van der Waals surface area contributed by atoms with Gasteiger partial charge in [-0.15, -0.1) is 0 Å². The summed E-state index contributed by atoms with van der Waals surface area (Å²) in [5.74, 6) is 0.204. The van der Waals surface area contributed by atoms with Crippen LogP contribution in [-0.2, 0) is 16.0 Å². The number of ketones is 1. The molecule has 2 rings (SSSR count). The molecule has 1 aliphatic heterocycles. The molecule has 1 aromatic rings. The minimum absolute atomic E-state index is 0.0469. The van der Waals surface area contributed by atoms with E-state index >= 15 is 0 Å². The van der Waals surface area contributed by atoms with Crippen LogP contribution in [0.25, 0.3) is 0 Å². The van der Waals surface area contributed by atoms with Crippen molar-refractivity contribution in [1.82, 2.24) is 0 Å². The van der Waals surface area contributed by atoms with E-state index in [2.05, 4.69) is 11.3 Å². The summed E-state index contributed by atoms with van der Waals surface area (Å²) in [4.78, 5) is 23.7. The van der Waals surface area contributed by atoms with Gasteiger partial charge in [0.2, 0.25) is 0 Å². The molecule has 0 aliphatic carbocycles. The number of hydrogen-bond acceptors (Lipinski definition) is 4. The molecule has 1 aliphatic rings. The number of Topliss-reactive ketones (excluding diaryl/α,β-unsaturated/α-hetero) is 1. The zero-order valence-corrected chi connectivity index (χ0v) is 12.0. The number of allylic oxidation sites excluding steroid dienone is 1. The lowest BCUT2D eigenvalue weighted by atomic mass is 9.95. The Labute approximate surface area is 118 Å². The van der Waals surface area contributed by atoms with Crippen LogP contribution in [0.1, 0.15) is 34.8 Å². The van der Waals surface area contributed by atoms with Gasteiger partial charge in [0.15, 0.2) is 11.9 Å². The lowest BCUT2D eigenvalue weighted by molar-refractivity contribution is -0.147. The number of esters is 1. The van der Waals surface area contributed by atoms with E-state index < -0.39 is 12.1 Å². The van der Waals surface area contributed by atoms with Crippen LogP contribution in [0.5, 0.6) is 5.75 Å². The van der Waals surface area contributed by atoms with Crippen molar-refractivity contribution in [3.63, 3.8) is 0 Å². The molecule has 0 radical (unpaired) electrons. The summed E-state index contributed by atoms with van der Waals surface area (Å²) in [6.45, 7) is 7.54. The molecule has 0 saturated carbocycles. The molecule has 0 fully saturated rings. The van der Waals surface area contributed by atoms with Gasteiger partial charge in [-0.2, -0.15) is 0 Å². The summed E-state index contributed by atoms with van der Waals surface area (Å²) in [5, 5.41) is 0. The van der Waals surface area contributed by atoms with E-state index in [-0.39, 0.29) is 5.78 Å². The van der Waals surface area contributed by atoms with Crippen LogP contribution in [0, 0.1) is 6.92 Å². The fourth-order valence-corrected chi connectivity index (χ4v) is 2.25. The van der Waals surface area contributed by atoms with E-state index in [1.54, 1.807) is 12.1 Å². The molecule has 0 N–H and O–H groups in total. The molecule has 0 amide bonds. The first-order valence-electron chi connectivity index (χ1n) is 6.58. The summed E-state index contributed by atoms with van der Waals surface area (Å²) in [5.41, 5.74) is 2.90. The zero-order valence-electron chi connectivity index (χ0n) is 12.0. The van der Waals surface area contributed by atoms with E-state index in [4.69, 9.17) is 4.74 Å². The van der Waals surface area contributed by atoms with Crippen LogP contribution >= 0.6 is 0 Å². The van der Waals surface area contributed by atoms with Crippen molar-refractivity contribution in [3.8, 4) is 5.75 Å². The zero-order chi connectivity index (χ0) is 14.9. The number of benzene rings is 1. The summed E-state index contributed by atoms with van der Waals surface area (Å²) >= 11 is 0. The number of hydrogen-bond donors (Lipinski definition) is 0. The van der Waals surface area contributed by atoms with Crippen molar-refractivity contribution in [2.45, 2.75) is 32.8 Å². The third kappa shape index (κ3) is 2.46. The highest BCUT2D eigenvalue weighted by Crippen LogP contribution is 2.32. The fraction of sp³-hybridized carbons (Fsp3) is 0.375. The van der Waals surface area contributed by atoms with Crippen LogP contribution < -0.4 is 4.74 Å². The van der Waals surface area contributed by atoms with Gasteiger partial charge in [-0.05, 0) is 42.2 Å². The van der Waals surface area contributed by atoms with Crippen molar-refractivity contribution >= 4 is 11.8 Å². The molecule has 0 spiro atoms. The number of ether oxygens (including phenoxy) is 2. The highest BCUT2D eigenvalue weighted by Gasteiger charge is 2.31. The highest BCUT2D eigenvalue weighted by molar-refractivity contribution is 6.09. The quantitative estimate of drug-likeness (QED) is 0.481. The maximum atomic E-state index is 12.2. The van der Waals surface area contributed by atoms with Gasteiger partial charge in [0.1, 0.15) is 5.75 Å². The largest absolute Gasteiger partial charge is 0.478 e. The maximum Gasteiger partial charge on any atom is 0.347 e. The van der Waals surface area contributed by atoms with Crippen LogP contribution in [0.15, 0.2) is 24.3 Å². The molecule has 1 unspecified atom stereocenters. The molecule has 1 aromatic carbocycles. The number of carbonyl (C=O) groups excluding carboxylic acids is 2. The Hall–Kier alpha value is -2.10. The predicted molar refractivity (Wildman–Crippen MR) is 75.1 cm³/mol. The van der Waals surface area contributed by atoms with Crippen molar-refractivity contribution < 1.29 is 19.1 Å². The Kier molecular flexibility index (Phi) is 3.93. The Morgan fingerprint density at radius 2 is 2.15 bits per heavy atom. The fourth-order valence-electron chi connectivity index (χ4n) is 2.25. The Balaban J connectivity index is 2.32. The number of fused-ring (bicyclic) bond motifs is 1. The lowest BCUT2D eigenvalue weighted by Gasteiger charge is -2.09. The monoisotopic (exact) mass is 274 g/mol. The van der Waals surface area contributed by atoms with Gasteiger partial charge in [0, 0.05) is 12.0 Å². The molecule has 20 heavy (non-hydrogen) atoms. The molecule has 4 nitrogen and oxygen atoms in total. The third-order valence-electron chi connectivity index (χ3n) is 3.54. The van der Waals surface area contributed by atoms with Gasteiger partial charge in [0.25, 0.3) is 0 Å². The molecule has 0 bridgehead atoms. The minimum Gasteiger partial charge on any atom is -0.478 e. The molecule has 1 atom stereocenters. The average Bonchev–Trinajstić information content (AvgIpc) is 2.86. The van der Waals surface area contributed by atoms with E-state index in [1.807, 2.05) is 13.8 Å². The van der Waals surface area contributed by atoms with E-state index in [1.165, 1.54) is 7.11 Å². The average molecular weight is 274 g/mol. The maximum absolute atomic E-state index is 12.2. The van der Waals surface area contributed by atoms with Gasteiger partial charge >= 0.3 is 5.97 Å². The molecule has 4 heteroatoms. The van der Waals surface area contributed by atoms with Crippen LogP contribution in [0.3, 0.4) is 0 Å². The standard InChI is InChI=1S/C16H18O4/c1-5-9(2)15(17)12-7-11-8-14(16(18)19-4)20-13(11)6-10(12)3/h6-7,14H,2,5,8H2,1,3-4H3. The molecule has 0 aromatic heterocycles. The third-order valence-corrected chi connectivity index (χ3v) is 3.54. The Morgan fingerprint density at radius 3 is 2.75 bits per heavy atom. The number of rotatable bonds is 4. The lowest BCUT2D eigenvalue weighted by Crippen LogP contribution is -2.26. The van der Waals surface area contributed by atoms with E-state index in [0.717, 1.165) is 11.1 Å². The second kappa shape index (κ2) is 5.49. The van der Waals surface area contributed by atoms with E-state index in [0.29, 0.717) is 29.7 Å². The van der Waals surface area contributed by atoms with Gasteiger partial charge in [0.05, 0.1) is 7.11 Å². The van der Waals surface area contributed by atoms with Crippen LogP contribution in [0.4, 0.5) is 0 Å². The van der Waals surface area contributed by atoms with Gasteiger partial charge in [-0.3, -0.25) is 4.79 Å². The molecular weight excluding hydrogens is 256 g/mol. The Morgan fingerprint density at radius 1 is 1.45 bits per heavy atom. The molecule has 106 valence electrons. The second-order valence-corrected chi connectivity index (χ2v) is 4.89. The van der Waals surface area contributed by atoms with Gasteiger partial charge < -0.3 is 9.47 Å². The molecular formula is C16H18O4. The smallest absolute Gasteiger partial charge is 0.347 e. The van der Waals surface area contributed by atoms with Crippen molar-refractivity contribution in [3.05, 3.63) is 41.0 Å². The predicted octanol–water partition coefficient (Wildman–Crippen LogP) is 2.62. The summed E-state index contributed by atoms with van der Waals surface area (Å²) in [6.07, 6.45) is 0.437. The minimum atomic E-state index is -0.617. The van der Waals surface area contributed by atoms with Crippen LogP contribution in [0.2, 0.25) is 0 Å². The summed E-state index contributed by atoms with van der Waals surface area (Å²) in [7, 11) is 1.33. The number of aryl methyl sites for hydroxylation is 1. The van der Waals surface area contributed by atoms with Crippen molar-refractivity contribution in [2.75, 3.05) is 7.11 Å². The summed E-state index contributed by atoms with van der Waals surface area (Å²) < 4.78 is 10.2. The first-order chi connectivity index (χ1) is 9.47. The first-order valence-corrected chi connectivity index (χ1v) is 6.58. The van der Waals surface area contributed by atoms with Gasteiger partial charge in [-0.25, -0.2) is 4.79 Å². The number of methoxy groups -OCH3 is 1. The van der Waals surface area contributed by atoms with Gasteiger partial charge in [-0.1, -0.05) is 13.5 Å². The highest BCUT2D eigenvalue weighted by atomic mass is 16.6. The van der Waals surface area contributed by atoms with Crippen LogP contribution in [-0.4, -0.2) is 25.0 Å². The Bertz CT molecular complexity index is 586. The van der Waals surface area contributed by atoms with Crippen molar-refractivity contribution in [2.24, 2.45) is 0 Å². The van der Waals surface area contributed by atoms with E-state index in [9.17, 15) is 9.59 Å². The summed E-state index contributed by atoms with van der Waals surface area (Å²) in [6, 6.07) is 3.60. The first kappa shape index (κ1) is 14.3. The molecule has 1 heterocycles. The SMILES string of the molecule is C=C(CC)C(=O)c1cc2c(cc1C)OC(C(=O)OC)C2. The second-order valence-electron chi connectivity index (χ2n) is 4.89. The topological polar surface area (TPSA) is 52.6 Å². The normalized spacial score (nSPS) is 16.2. The molecule has 0 saturated heterocycles.